The first-order valence-corrected chi connectivity index (χ1v) is 10.3. The molecule has 7 nitrogen and oxygen atoms in total. The van der Waals surface area contributed by atoms with Crippen molar-refractivity contribution in [2.24, 2.45) is 7.05 Å². The van der Waals surface area contributed by atoms with E-state index < -0.39 is 18.2 Å². The van der Waals surface area contributed by atoms with E-state index in [0.29, 0.717) is 34.5 Å². The molecule has 178 valence electrons. The quantitative estimate of drug-likeness (QED) is 0.468. The second kappa shape index (κ2) is 10.8. The molecule has 0 saturated heterocycles. The van der Waals surface area contributed by atoms with Gasteiger partial charge in [-0.25, -0.2) is 14.3 Å². The second-order valence-corrected chi connectivity index (χ2v) is 7.44. The predicted molar refractivity (Wildman–Crippen MR) is 119 cm³/mol. The highest BCUT2D eigenvalue weighted by atomic mass is 35.5. The number of hydrogen-bond donors (Lipinski definition) is 1. The predicted octanol–water partition coefficient (Wildman–Crippen LogP) is 6.02. The van der Waals surface area contributed by atoms with Crippen molar-refractivity contribution in [3.05, 3.63) is 46.4 Å². The molecule has 0 radical (unpaired) electrons. The molecule has 1 N–H and O–H groups in total. The van der Waals surface area contributed by atoms with Gasteiger partial charge in [0.05, 0.1) is 5.39 Å². The van der Waals surface area contributed by atoms with Crippen LogP contribution in [0.15, 0.2) is 36.4 Å². The minimum absolute atomic E-state index is 0.394. The van der Waals surface area contributed by atoms with Gasteiger partial charge in [-0.1, -0.05) is 41.4 Å². The number of aliphatic carboxylic acids is 1. The Labute approximate surface area is 197 Å². The molecule has 12 heteroatoms. The van der Waals surface area contributed by atoms with E-state index in [-0.39, 0.29) is 0 Å². The van der Waals surface area contributed by atoms with Crippen molar-refractivity contribution in [2.75, 3.05) is 13.1 Å². The minimum atomic E-state index is -5.08. The average molecular weight is 506 g/mol. The average Bonchev–Trinajstić information content (AvgIpc) is 3.04. The summed E-state index contributed by atoms with van der Waals surface area (Å²) < 4.78 is 38.9. The largest absolute Gasteiger partial charge is 0.490 e. The first-order valence-electron chi connectivity index (χ1n) is 9.58. The standard InChI is InChI=1S/C19H19Cl2N3O2.C2HF3O2/c1-4-24(5-2)19(25)26-18-15-8-6-7-14(17(15)22-23(18)3)13-10-9-12(20)11-16(13)21;3-2(4,5)1(6)7/h6-11H,4-5H2,1-3H3;(H,6,7). The van der Waals surface area contributed by atoms with E-state index in [9.17, 15) is 18.0 Å². The van der Waals surface area contributed by atoms with E-state index in [0.717, 1.165) is 16.5 Å². The fraction of sp³-hybridized carbons (Fsp3) is 0.286. The van der Waals surface area contributed by atoms with Gasteiger partial charge in [0.1, 0.15) is 5.52 Å². The van der Waals surface area contributed by atoms with Crippen molar-refractivity contribution in [1.82, 2.24) is 14.7 Å². The highest BCUT2D eigenvalue weighted by Crippen LogP contribution is 2.37. The highest BCUT2D eigenvalue weighted by molar-refractivity contribution is 6.36. The number of ether oxygens (including phenoxy) is 1. The maximum atomic E-state index is 12.3. The molecule has 33 heavy (non-hydrogen) atoms. The maximum absolute atomic E-state index is 12.3. The third kappa shape index (κ3) is 6.29. The Bertz CT molecular complexity index is 1160. The molecule has 3 rings (SSSR count). The Morgan fingerprint density at radius 1 is 1.12 bits per heavy atom. The van der Waals surface area contributed by atoms with Crippen molar-refractivity contribution in [3.63, 3.8) is 0 Å². The first-order chi connectivity index (χ1) is 15.4. The molecule has 0 saturated carbocycles. The van der Waals surface area contributed by atoms with E-state index in [2.05, 4.69) is 5.10 Å². The van der Waals surface area contributed by atoms with Crippen molar-refractivity contribution in [1.29, 1.82) is 0 Å². The first kappa shape index (κ1) is 26.3. The van der Waals surface area contributed by atoms with Crippen LogP contribution in [0.1, 0.15) is 13.8 Å². The number of carbonyl (C=O) groups is 2. The maximum Gasteiger partial charge on any atom is 0.490 e. The number of fused-ring (bicyclic) bond motifs is 1. The summed E-state index contributed by atoms with van der Waals surface area (Å²) in [6.07, 6.45) is -5.48. The van der Waals surface area contributed by atoms with Crippen LogP contribution < -0.4 is 4.74 Å². The van der Waals surface area contributed by atoms with Gasteiger partial charge in [0.15, 0.2) is 0 Å². The molecule has 0 aliphatic heterocycles. The van der Waals surface area contributed by atoms with Gasteiger partial charge in [-0.15, -0.1) is 0 Å². The summed E-state index contributed by atoms with van der Waals surface area (Å²) in [6, 6.07) is 11.0. The third-order valence-corrected chi connectivity index (χ3v) is 5.03. The Balaban J connectivity index is 0.000000479. The lowest BCUT2D eigenvalue weighted by Gasteiger charge is -2.17. The molecule has 1 amide bonds. The van der Waals surface area contributed by atoms with Gasteiger partial charge in [0.2, 0.25) is 5.88 Å². The number of carboxylic acid groups (broad SMARTS) is 1. The second-order valence-electron chi connectivity index (χ2n) is 6.60. The van der Waals surface area contributed by atoms with Gasteiger partial charge >= 0.3 is 18.2 Å². The topological polar surface area (TPSA) is 84.7 Å². The SMILES string of the molecule is CCN(CC)C(=O)Oc1c2cccc(-c3ccc(Cl)cc3Cl)c2nn1C.O=C(O)C(F)(F)F. The minimum Gasteiger partial charge on any atom is -0.475 e. The molecule has 0 aliphatic carbocycles. The van der Waals surface area contributed by atoms with Crippen molar-refractivity contribution >= 4 is 46.2 Å². The summed E-state index contributed by atoms with van der Waals surface area (Å²) in [5, 5.41) is 13.5. The van der Waals surface area contributed by atoms with E-state index >= 15 is 0 Å². The van der Waals surface area contributed by atoms with Crippen LogP contribution in [0.4, 0.5) is 18.0 Å². The van der Waals surface area contributed by atoms with Crippen LogP contribution in [-0.2, 0) is 11.8 Å². The van der Waals surface area contributed by atoms with E-state index in [4.69, 9.17) is 37.8 Å². The number of aromatic nitrogens is 2. The summed E-state index contributed by atoms with van der Waals surface area (Å²) in [4.78, 5) is 22.8. The van der Waals surface area contributed by atoms with Crippen molar-refractivity contribution in [3.8, 4) is 17.0 Å². The number of amides is 1. The molecule has 1 aromatic heterocycles. The zero-order valence-corrected chi connectivity index (χ0v) is 19.3. The molecule has 0 bridgehead atoms. The fourth-order valence-corrected chi connectivity index (χ4v) is 3.38. The molecular formula is C21H20Cl2F3N3O4. The van der Waals surface area contributed by atoms with Crippen LogP contribution in [0, 0.1) is 0 Å². The monoisotopic (exact) mass is 505 g/mol. The van der Waals surface area contributed by atoms with Crippen molar-refractivity contribution in [2.45, 2.75) is 20.0 Å². The van der Waals surface area contributed by atoms with E-state index in [1.165, 1.54) is 0 Å². The lowest BCUT2D eigenvalue weighted by atomic mass is 10.0. The summed E-state index contributed by atoms with van der Waals surface area (Å²) in [6.45, 7) is 4.98. The van der Waals surface area contributed by atoms with Crippen LogP contribution in [0.25, 0.3) is 22.0 Å². The number of carbonyl (C=O) groups excluding carboxylic acids is 1. The molecule has 0 atom stereocenters. The van der Waals surface area contributed by atoms with Gasteiger partial charge in [0, 0.05) is 41.3 Å². The third-order valence-electron chi connectivity index (χ3n) is 4.48. The number of carboxylic acids is 1. The van der Waals surface area contributed by atoms with Crippen molar-refractivity contribution < 1.29 is 32.6 Å². The van der Waals surface area contributed by atoms with Gasteiger partial charge in [-0.05, 0) is 32.0 Å². The lowest BCUT2D eigenvalue weighted by molar-refractivity contribution is -0.192. The van der Waals surface area contributed by atoms with E-state index in [1.807, 2.05) is 38.1 Å². The van der Waals surface area contributed by atoms with Crippen LogP contribution in [0.2, 0.25) is 10.0 Å². The number of nitrogens with zero attached hydrogens (tertiary/aromatic N) is 3. The molecule has 0 fully saturated rings. The zero-order valence-electron chi connectivity index (χ0n) is 17.8. The number of halogens is 5. The van der Waals surface area contributed by atoms with Gasteiger partial charge in [0.25, 0.3) is 0 Å². The fourth-order valence-electron chi connectivity index (χ4n) is 2.87. The van der Waals surface area contributed by atoms with Crippen LogP contribution in [0.5, 0.6) is 5.88 Å². The molecular weight excluding hydrogens is 486 g/mol. The Morgan fingerprint density at radius 2 is 1.73 bits per heavy atom. The summed E-state index contributed by atoms with van der Waals surface area (Å²) in [5.74, 6) is -2.35. The van der Waals surface area contributed by atoms with E-state index in [1.54, 1.807) is 28.8 Å². The number of hydrogen-bond acceptors (Lipinski definition) is 4. The molecule has 0 spiro atoms. The molecule has 2 aromatic carbocycles. The number of benzene rings is 2. The Hall–Kier alpha value is -2.98. The molecule has 0 aliphatic rings. The van der Waals surface area contributed by atoms with Gasteiger partial charge < -0.3 is 14.7 Å². The number of alkyl halides is 3. The normalized spacial score (nSPS) is 11.0. The molecule has 0 unspecified atom stereocenters. The van der Waals surface area contributed by atoms with Crippen LogP contribution in [0.3, 0.4) is 0 Å². The smallest absolute Gasteiger partial charge is 0.475 e. The summed E-state index contributed by atoms with van der Waals surface area (Å²) in [5.41, 5.74) is 2.38. The van der Waals surface area contributed by atoms with Gasteiger partial charge in [-0.3, -0.25) is 0 Å². The van der Waals surface area contributed by atoms with Crippen LogP contribution in [-0.4, -0.2) is 51.1 Å². The summed E-state index contributed by atoms with van der Waals surface area (Å²) in [7, 11) is 1.75. The lowest BCUT2D eigenvalue weighted by Crippen LogP contribution is -2.33. The van der Waals surface area contributed by atoms with Crippen LogP contribution >= 0.6 is 23.2 Å². The Morgan fingerprint density at radius 3 is 2.24 bits per heavy atom. The Kier molecular flexibility index (Phi) is 8.57. The molecule has 1 heterocycles. The number of rotatable bonds is 4. The van der Waals surface area contributed by atoms with Gasteiger partial charge in [-0.2, -0.15) is 18.3 Å². The zero-order chi connectivity index (χ0) is 24.9. The molecule has 3 aromatic rings. The summed E-state index contributed by atoms with van der Waals surface area (Å²) >= 11 is 12.4. The highest BCUT2D eigenvalue weighted by Gasteiger charge is 2.38. The number of aryl methyl sites for hydroxylation is 1.